The van der Waals surface area contributed by atoms with Crippen LogP contribution in [0.1, 0.15) is 16.7 Å². The summed E-state index contributed by atoms with van der Waals surface area (Å²) < 4.78 is 20.4. The van der Waals surface area contributed by atoms with Gasteiger partial charge in [0.25, 0.3) is 0 Å². The number of aromatic nitrogens is 1. The average molecular weight is 417 g/mol. The molecule has 0 spiro atoms. The molecule has 1 amide bonds. The number of benzene rings is 2. The molecule has 0 unspecified atom stereocenters. The minimum atomic E-state index is -0.298. The number of carbonyl (C=O) groups is 1. The Labute approximate surface area is 180 Å². The Morgan fingerprint density at radius 2 is 2.00 bits per heavy atom. The molecule has 6 heteroatoms. The summed E-state index contributed by atoms with van der Waals surface area (Å²) in [4.78, 5) is 19.1. The number of pyridine rings is 1. The average Bonchev–Trinajstić information content (AvgIpc) is 3.19. The molecule has 3 aromatic rings. The van der Waals surface area contributed by atoms with Crippen molar-refractivity contribution in [2.24, 2.45) is 0 Å². The molecule has 0 aliphatic carbocycles. The van der Waals surface area contributed by atoms with E-state index in [2.05, 4.69) is 27.3 Å². The van der Waals surface area contributed by atoms with Crippen molar-refractivity contribution in [2.45, 2.75) is 31.5 Å². The number of rotatable bonds is 4. The lowest BCUT2D eigenvalue weighted by Gasteiger charge is -2.33. The van der Waals surface area contributed by atoms with Gasteiger partial charge in [0.2, 0.25) is 5.91 Å². The maximum absolute atomic E-state index is 14.2. The molecule has 0 saturated carbocycles. The monoisotopic (exact) mass is 417 g/mol. The first kappa shape index (κ1) is 19.7. The molecule has 0 fully saturated rings. The molecular formula is C25H24FN3O2. The van der Waals surface area contributed by atoms with E-state index >= 15 is 0 Å². The summed E-state index contributed by atoms with van der Waals surface area (Å²) in [5.41, 5.74) is 4.82. The van der Waals surface area contributed by atoms with Crippen molar-refractivity contribution in [1.29, 1.82) is 0 Å². The van der Waals surface area contributed by atoms with E-state index in [1.54, 1.807) is 12.4 Å². The third-order valence-electron chi connectivity index (χ3n) is 6.13. The third kappa shape index (κ3) is 3.91. The predicted molar refractivity (Wildman–Crippen MR) is 116 cm³/mol. The van der Waals surface area contributed by atoms with E-state index in [-0.39, 0.29) is 23.9 Å². The second-order valence-corrected chi connectivity index (χ2v) is 8.28. The zero-order valence-corrected chi connectivity index (χ0v) is 17.3. The molecule has 2 aliphatic heterocycles. The zero-order valence-electron chi connectivity index (χ0n) is 17.3. The van der Waals surface area contributed by atoms with Gasteiger partial charge in [-0.2, -0.15) is 0 Å². The maximum atomic E-state index is 14.2. The highest BCUT2D eigenvalue weighted by Gasteiger charge is 2.31. The highest BCUT2D eigenvalue weighted by molar-refractivity contribution is 5.82. The number of carbonyl (C=O) groups excluding carboxylic acids is 1. The number of hydrogen-bond donors (Lipinski definition) is 1. The smallest absolute Gasteiger partial charge is 0.237 e. The molecule has 2 atom stereocenters. The van der Waals surface area contributed by atoms with Crippen molar-refractivity contribution in [1.82, 2.24) is 15.2 Å². The molecule has 2 aromatic carbocycles. The fourth-order valence-electron chi connectivity index (χ4n) is 4.52. The van der Waals surface area contributed by atoms with Crippen molar-refractivity contribution in [2.75, 3.05) is 13.6 Å². The Bertz CT molecular complexity index is 1120. The summed E-state index contributed by atoms with van der Waals surface area (Å²) in [6.07, 6.45) is 4.41. The number of nitrogens with zero attached hydrogens (tertiary/aromatic N) is 2. The van der Waals surface area contributed by atoms with Gasteiger partial charge in [0.1, 0.15) is 17.7 Å². The second-order valence-electron chi connectivity index (χ2n) is 8.28. The van der Waals surface area contributed by atoms with E-state index in [4.69, 9.17) is 4.74 Å². The number of fused-ring (bicyclic) bond motifs is 2. The van der Waals surface area contributed by atoms with Crippen LogP contribution in [0.3, 0.4) is 0 Å². The molecule has 0 saturated heterocycles. The molecule has 1 aromatic heterocycles. The second kappa shape index (κ2) is 8.12. The topological polar surface area (TPSA) is 54.5 Å². The van der Waals surface area contributed by atoms with E-state index in [1.165, 1.54) is 23.3 Å². The lowest BCUT2D eigenvalue weighted by atomic mass is 9.94. The van der Waals surface area contributed by atoms with Crippen LogP contribution < -0.4 is 10.1 Å². The predicted octanol–water partition coefficient (Wildman–Crippen LogP) is 3.36. The standard InChI is InChI=1S/C25H24FN3O2/c1-29-15-18-6-3-2-5-16(18)11-23(29)25(30)28-14-21-10-19-9-20(26)12-22(24(19)31-21)17-7-4-8-27-13-17/h2-9,12-13,21,23H,10-11,14-15H2,1H3,(H,28,30)/t21-,23-/m0/s1. The summed E-state index contributed by atoms with van der Waals surface area (Å²) in [6, 6.07) is 14.7. The Kier molecular flexibility index (Phi) is 5.16. The van der Waals surface area contributed by atoms with Crippen molar-refractivity contribution >= 4 is 5.91 Å². The van der Waals surface area contributed by atoms with E-state index < -0.39 is 0 Å². The molecule has 5 rings (SSSR count). The minimum Gasteiger partial charge on any atom is -0.487 e. The number of ether oxygens (including phenoxy) is 1. The van der Waals surface area contributed by atoms with E-state index in [0.717, 1.165) is 17.7 Å². The summed E-state index contributed by atoms with van der Waals surface area (Å²) >= 11 is 0. The van der Waals surface area contributed by atoms with Gasteiger partial charge in [-0.25, -0.2) is 4.39 Å². The normalized spacial score (nSPS) is 19.9. The van der Waals surface area contributed by atoms with Gasteiger partial charge >= 0.3 is 0 Å². The van der Waals surface area contributed by atoms with E-state index in [9.17, 15) is 9.18 Å². The first-order valence-electron chi connectivity index (χ1n) is 10.5. The van der Waals surface area contributed by atoms with E-state index in [0.29, 0.717) is 30.7 Å². The number of amides is 1. The SMILES string of the molecule is CN1Cc2ccccc2C[C@H]1C(=O)NC[C@@H]1Cc2cc(F)cc(-c3cccnc3)c2O1. The van der Waals surface area contributed by atoms with Gasteiger partial charge in [0.15, 0.2) is 0 Å². The van der Waals surface area contributed by atoms with Gasteiger partial charge in [-0.15, -0.1) is 0 Å². The largest absolute Gasteiger partial charge is 0.487 e. The lowest BCUT2D eigenvalue weighted by Crippen LogP contribution is -2.50. The Morgan fingerprint density at radius 3 is 2.81 bits per heavy atom. The van der Waals surface area contributed by atoms with Gasteiger partial charge in [-0.3, -0.25) is 14.7 Å². The van der Waals surface area contributed by atoms with Crippen LogP contribution >= 0.6 is 0 Å². The first-order chi connectivity index (χ1) is 15.1. The summed E-state index contributed by atoms with van der Waals surface area (Å²) in [5, 5.41) is 3.05. The maximum Gasteiger partial charge on any atom is 0.237 e. The summed E-state index contributed by atoms with van der Waals surface area (Å²) in [6.45, 7) is 1.14. The molecule has 2 aliphatic rings. The van der Waals surface area contributed by atoms with Crippen LogP contribution in [-0.2, 0) is 24.2 Å². The quantitative estimate of drug-likeness (QED) is 0.707. The highest BCUT2D eigenvalue weighted by atomic mass is 19.1. The van der Waals surface area contributed by atoms with Crippen LogP contribution in [0.15, 0.2) is 60.9 Å². The summed E-state index contributed by atoms with van der Waals surface area (Å²) in [5.74, 6) is 0.376. The molecule has 0 radical (unpaired) electrons. The molecule has 158 valence electrons. The fraction of sp³-hybridized carbons (Fsp3) is 0.280. The van der Waals surface area contributed by atoms with Crippen LogP contribution in [0.5, 0.6) is 5.75 Å². The van der Waals surface area contributed by atoms with Crippen LogP contribution in [0.25, 0.3) is 11.1 Å². The molecular weight excluding hydrogens is 393 g/mol. The Morgan fingerprint density at radius 1 is 1.16 bits per heavy atom. The molecule has 31 heavy (non-hydrogen) atoms. The number of likely N-dealkylation sites (N-methyl/N-ethyl adjacent to an activating group) is 1. The van der Waals surface area contributed by atoms with Crippen LogP contribution in [-0.4, -0.2) is 41.5 Å². The van der Waals surface area contributed by atoms with Crippen LogP contribution in [0.2, 0.25) is 0 Å². The van der Waals surface area contributed by atoms with Crippen molar-refractivity contribution in [3.63, 3.8) is 0 Å². The van der Waals surface area contributed by atoms with Gasteiger partial charge in [0, 0.05) is 42.0 Å². The number of hydrogen-bond acceptors (Lipinski definition) is 4. The third-order valence-corrected chi connectivity index (χ3v) is 6.13. The van der Waals surface area contributed by atoms with Crippen LogP contribution in [0.4, 0.5) is 4.39 Å². The van der Waals surface area contributed by atoms with Gasteiger partial charge in [-0.1, -0.05) is 30.3 Å². The lowest BCUT2D eigenvalue weighted by molar-refractivity contribution is -0.126. The Hall–Kier alpha value is -3.25. The highest BCUT2D eigenvalue weighted by Crippen LogP contribution is 2.39. The molecule has 5 nitrogen and oxygen atoms in total. The number of halogens is 1. The fourth-order valence-corrected chi connectivity index (χ4v) is 4.52. The van der Waals surface area contributed by atoms with Crippen molar-refractivity contribution in [3.05, 3.63) is 83.4 Å². The number of nitrogens with one attached hydrogen (secondary N) is 1. The molecule has 1 N–H and O–H groups in total. The van der Waals surface area contributed by atoms with Crippen molar-refractivity contribution in [3.8, 4) is 16.9 Å². The molecule has 3 heterocycles. The van der Waals surface area contributed by atoms with Gasteiger partial charge < -0.3 is 10.1 Å². The first-order valence-corrected chi connectivity index (χ1v) is 10.5. The molecule has 0 bridgehead atoms. The zero-order chi connectivity index (χ0) is 21.4. The van der Waals surface area contributed by atoms with Gasteiger partial charge in [0.05, 0.1) is 12.6 Å². The minimum absolute atomic E-state index is 0.00442. The van der Waals surface area contributed by atoms with E-state index in [1.807, 2.05) is 31.3 Å². The van der Waals surface area contributed by atoms with Gasteiger partial charge in [-0.05, 0) is 42.8 Å². The Balaban J connectivity index is 1.26. The summed E-state index contributed by atoms with van der Waals surface area (Å²) in [7, 11) is 1.98. The van der Waals surface area contributed by atoms with Crippen molar-refractivity contribution < 1.29 is 13.9 Å². The van der Waals surface area contributed by atoms with Crippen LogP contribution in [0, 0.1) is 5.82 Å².